The second-order valence-electron chi connectivity index (χ2n) is 13.2. The Morgan fingerprint density at radius 3 is 1.78 bits per heavy atom. The van der Waals surface area contributed by atoms with E-state index in [1.807, 2.05) is 36.9 Å². The number of allylic oxidation sites excluding steroid dienone is 2. The average Bonchev–Trinajstić information content (AvgIpc) is 2.93. The first kappa shape index (κ1) is 47.1. The van der Waals surface area contributed by atoms with Gasteiger partial charge in [-0.15, -0.1) is 0 Å². The van der Waals surface area contributed by atoms with E-state index in [-0.39, 0.29) is 89.2 Å². The van der Waals surface area contributed by atoms with Crippen LogP contribution in [0.25, 0.3) is 11.1 Å². The smallest absolute Gasteiger partial charge is 0.748 e. The molecule has 268 valence electrons. The fraction of sp³-hybridized carbons (Fsp3) is 0.515. The zero-order valence-corrected chi connectivity index (χ0v) is 36.8. The summed E-state index contributed by atoms with van der Waals surface area (Å²) < 4.78 is 110. The van der Waals surface area contributed by atoms with Crippen molar-refractivity contribution in [3.63, 3.8) is 0 Å². The van der Waals surface area contributed by atoms with Crippen molar-refractivity contribution in [3.05, 3.63) is 65.2 Å². The van der Waals surface area contributed by atoms with Gasteiger partial charge >= 0.3 is 59.1 Å². The van der Waals surface area contributed by atoms with Crippen LogP contribution in [-0.4, -0.2) is 82.5 Å². The quantitative estimate of drug-likeness (QED) is 0.184. The van der Waals surface area contributed by atoms with Crippen LogP contribution in [-0.2, 0) is 30.4 Å². The van der Waals surface area contributed by atoms with E-state index in [0.717, 1.165) is 5.75 Å². The summed E-state index contributed by atoms with van der Waals surface area (Å²) in [6.07, 6.45) is 5.08. The van der Waals surface area contributed by atoms with E-state index in [1.165, 1.54) is 23.8 Å². The monoisotopic (exact) mass is 772 g/mol. The fourth-order valence-electron chi connectivity index (χ4n) is 6.59. The van der Waals surface area contributed by atoms with Crippen LogP contribution in [0.3, 0.4) is 0 Å². The maximum atomic E-state index is 11.3. The number of ether oxygens (including phenoxy) is 2. The van der Waals surface area contributed by atoms with Gasteiger partial charge in [-0.05, 0) is 97.9 Å². The van der Waals surface area contributed by atoms with Crippen LogP contribution < -0.4 is 73.5 Å². The molecule has 1 aliphatic carbocycles. The SMILES string of the molecule is COc1ccc2c(c1)C(CCCS(=O)(=O)[O-])C(C)(C)C=C2C.COc1ccc2c(c1)N(CCCS(=O)(=O)[O-])C(C)(C)C=C2CS(=O)(=O)[O-].[Na+].[Na+]. The number of hydrogen-bond acceptors (Lipinski definition) is 12. The summed E-state index contributed by atoms with van der Waals surface area (Å²) in [5.41, 5.74) is 4.36. The molecule has 0 radical (unpaired) electrons. The molecule has 0 saturated carbocycles. The molecule has 4 rings (SSSR count). The van der Waals surface area contributed by atoms with Crippen molar-refractivity contribution >= 4 is 47.2 Å². The summed E-state index contributed by atoms with van der Waals surface area (Å²) in [5.74, 6) is 0.0609. The summed E-state index contributed by atoms with van der Waals surface area (Å²) in [7, 11) is -9.83. The zero-order chi connectivity index (χ0) is 36.3. The minimum Gasteiger partial charge on any atom is -0.748 e. The Morgan fingerprint density at radius 2 is 1.26 bits per heavy atom. The molecule has 0 saturated heterocycles. The summed E-state index contributed by atoms with van der Waals surface area (Å²) >= 11 is 0. The first-order valence-corrected chi connectivity index (χ1v) is 20.1. The van der Waals surface area contributed by atoms with E-state index in [2.05, 4.69) is 26.8 Å². The van der Waals surface area contributed by atoms with E-state index < -0.39 is 47.4 Å². The van der Waals surface area contributed by atoms with Crippen LogP contribution >= 0.6 is 0 Å². The molecule has 2 aromatic carbocycles. The van der Waals surface area contributed by atoms with Gasteiger partial charge in [-0.3, -0.25) is 0 Å². The van der Waals surface area contributed by atoms with Gasteiger partial charge in [0.2, 0.25) is 0 Å². The van der Waals surface area contributed by atoms with Crippen LogP contribution in [0, 0.1) is 5.41 Å². The molecule has 2 aromatic rings. The third-order valence-corrected chi connectivity index (χ3v) is 10.8. The molecule has 1 unspecified atom stereocenters. The average molecular weight is 773 g/mol. The van der Waals surface area contributed by atoms with Crippen molar-refractivity contribution in [1.29, 1.82) is 0 Å². The molecule has 0 bridgehead atoms. The Balaban J connectivity index is 0.000000487. The van der Waals surface area contributed by atoms with Gasteiger partial charge < -0.3 is 28.0 Å². The molecule has 17 heteroatoms. The number of anilines is 1. The molecule has 0 amide bonds. The maximum absolute atomic E-state index is 11.3. The van der Waals surface area contributed by atoms with Crippen molar-refractivity contribution < 1.29 is 107 Å². The van der Waals surface area contributed by atoms with Crippen LogP contribution in [0.1, 0.15) is 76.5 Å². The van der Waals surface area contributed by atoms with Gasteiger partial charge in [0.25, 0.3) is 0 Å². The van der Waals surface area contributed by atoms with Crippen molar-refractivity contribution in [3.8, 4) is 11.5 Å². The zero-order valence-electron chi connectivity index (χ0n) is 30.3. The molecule has 50 heavy (non-hydrogen) atoms. The summed E-state index contributed by atoms with van der Waals surface area (Å²) in [4.78, 5) is 1.87. The number of rotatable bonds is 12. The second kappa shape index (κ2) is 18.4. The van der Waals surface area contributed by atoms with Crippen molar-refractivity contribution in [2.75, 3.05) is 42.9 Å². The molecular formula is C33H44NNa2O11S3-. The Morgan fingerprint density at radius 1 is 0.740 bits per heavy atom. The van der Waals surface area contributed by atoms with E-state index in [1.54, 1.807) is 31.4 Å². The Labute approximate surface area is 341 Å². The summed E-state index contributed by atoms with van der Waals surface area (Å²) in [6, 6.07) is 11.0. The molecule has 0 aromatic heterocycles. The number of benzene rings is 2. The molecule has 1 aliphatic heterocycles. The van der Waals surface area contributed by atoms with Crippen molar-refractivity contribution in [2.45, 2.75) is 65.3 Å². The van der Waals surface area contributed by atoms with Crippen LogP contribution in [0.2, 0.25) is 0 Å². The van der Waals surface area contributed by atoms with Gasteiger partial charge in [0.15, 0.2) is 0 Å². The molecule has 0 fully saturated rings. The molecular weight excluding hydrogens is 729 g/mol. The third-order valence-electron chi connectivity index (χ3n) is 8.61. The topological polar surface area (TPSA) is 193 Å². The molecule has 12 nitrogen and oxygen atoms in total. The van der Waals surface area contributed by atoms with E-state index in [9.17, 15) is 38.9 Å². The molecule has 2 aliphatic rings. The second-order valence-corrected chi connectivity index (χ2v) is 17.7. The maximum Gasteiger partial charge on any atom is 1.00 e. The predicted molar refractivity (Wildman–Crippen MR) is 183 cm³/mol. The van der Waals surface area contributed by atoms with Gasteiger partial charge in [-0.2, -0.15) is 0 Å². The predicted octanol–water partition coefficient (Wildman–Crippen LogP) is -1.29. The van der Waals surface area contributed by atoms with Crippen LogP contribution in [0.4, 0.5) is 5.69 Å². The standard InChI is InChI=1S/C17H24O4S.C16H23NO7S2.2Na/c1-12-11-17(2,3)16(6-5-9-22(18,19)20)15-10-13(21-4)7-8-14(12)15;1-16(2)10-12(11-26(21,22)23)14-6-5-13(24-3)9-15(14)17(16)7-4-8-25(18,19)20;;/h7-8,10-11,16H,5-6,9H2,1-4H3,(H,18,19,20);5-6,9-10H,4,7-8,11H2,1-3H3,(H,18,19,20)(H,21,22,23);;/q;;2*+1/p-3. The Kier molecular flexibility index (Phi) is 17.3. The van der Waals surface area contributed by atoms with E-state index >= 15 is 0 Å². The minimum absolute atomic E-state index is 0. The summed E-state index contributed by atoms with van der Waals surface area (Å²) in [6.45, 7) is 10.3. The number of fused-ring (bicyclic) bond motifs is 2. The normalized spacial score (nSPS) is 17.6. The first-order chi connectivity index (χ1) is 22.0. The molecule has 1 atom stereocenters. The summed E-state index contributed by atoms with van der Waals surface area (Å²) in [5, 5.41) is 0. The molecule has 0 spiro atoms. The van der Waals surface area contributed by atoms with Gasteiger partial charge in [-0.25, -0.2) is 25.3 Å². The Hall–Kier alpha value is -0.950. The number of methoxy groups -OCH3 is 2. The largest absolute Gasteiger partial charge is 1.00 e. The number of hydrogen-bond donors (Lipinski definition) is 0. The van der Waals surface area contributed by atoms with Crippen molar-refractivity contribution in [1.82, 2.24) is 0 Å². The van der Waals surface area contributed by atoms with E-state index in [0.29, 0.717) is 35.4 Å². The minimum atomic E-state index is -4.47. The van der Waals surface area contributed by atoms with Gasteiger partial charge in [0.05, 0.1) is 55.9 Å². The van der Waals surface area contributed by atoms with Crippen LogP contribution in [0.15, 0.2) is 48.6 Å². The van der Waals surface area contributed by atoms with Gasteiger partial charge in [0, 0.05) is 35.4 Å². The first-order valence-electron chi connectivity index (χ1n) is 15.3. The molecule has 0 N–H and O–H groups in total. The van der Waals surface area contributed by atoms with E-state index in [4.69, 9.17) is 9.47 Å². The van der Waals surface area contributed by atoms with Crippen LogP contribution in [0.5, 0.6) is 11.5 Å². The Bertz CT molecular complexity index is 1890. The molecule has 1 heterocycles. The number of nitrogens with zero attached hydrogens (tertiary/aromatic N) is 1. The van der Waals surface area contributed by atoms with Gasteiger partial charge in [0.1, 0.15) is 11.5 Å². The van der Waals surface area contributed by atoms with Gasteiger partial charge in [-0.1, -0.05) is 32.1 Å². The fourth-order valence-corrected chi connectivity index (χ4v) is 8.21. The third kappa shape index (κ3) is 13.5. The van der Waals surface area contributed by atoms with Crippen molar-refractivity contribution in [2.24, 2.45) is 5.41 Å².